The van der Waals surface area contributed by atoms with Gasteiger partial charge in [-0.05, 0) is 59.2 Å². The molecule has 0 atom stereocenters. The van der Waals surface area contributed by atoms with Gasteiger partial charge in [-0.2, -0.15) is 0 Å². The number of esters is 1. The summed E-state index contributed by atoms with van der Waals surface area (Å²) in [6.45, 7) is 2.50. The lowest BCUT2D eigenvalue weighted by molar-refractivity contribution is -0.139. The van der Waals surface area contributed by atoms with Crippen LogP contribution in [0.4, 0.5) is 0 Å². The van der Waals surface area contributed by atoms with Crippen molar-refractivity contribution in [3.63, 3.8) is 0 Å². The van der Waals surface area contributed by atoms with Crippen molar-refractivity contribution in [3.8, 4) is 0 Å². The molecule has 0 saturated heterocycles. The van der Waals surface area contributed by atoms with Crippen LogP contribution in [0.5, 0.6) is 0 Å². The Kier molecular flexibility index (Phi) is 7.78. The van der Waals surface area contributed by atoms with E-state index < -0.39 is 0 Å². The Morgan fingerprint density at radius 2 is 1.69 bits per heavy atom. The van der Waals surface area contributed by atoms with Crippen molar-refractivity contribution in [2.75, 3.05) is 13.7 Å². The van der Waals surface area contributed by atoms with Gasteiger partial charge < -0.3 is 10.1 Å². The fourth-order valence-corrected chi connectivity index (χ4v) is 4.30. The molecule has 4 aromatic rings. The van der Waals surface area contributed by atoms with E-state index in [-0.39, 0.29) is 18.3 Å². The fraction of sp³-hybridized carbons (Fsp3) is 0.207. The van der Waals surface area contributed by atoms with Crippen LogP contribution in [0.15, 0.2) is 72.9 Å². The van der Waals surface area contributed by atoms with E-state index in [1.54, 1.807) is 6.20 Å². The van der Waals surface area contributed by atoms with E-state index in [1.165, 1.54) is 7.11 Å². The van der Waals surface area contributed by atoms with Crippen LogP contribution in [0, 0.1) is 6.92 Å². The molecule has 178 valence electrons. The topological polar surface area (TPSA) is 68.3 Å². The second-order valence-electron chi connectivity index (χ2n) is 8.49. The van der Waals surface area contributed by atoms with Crippen LogP contribution in [-0.4, -0.2) is 30.5 Å². The van der Waals surface area contributed by atoms with Gasteiger partial charge in [-0.1, -0.05) is 60.1 Å². The Morgan fingerprint density at radius 3 is 2.40 bits per heavy atom. The lowest BCUT2D eigenvalue weighted by Crippen LogP contribution is -2.26. The number of hydrogen-bond donors (Lipinski definition) is 1. The number of carbonyl (C=O) groups is 2. The minimum absolute atomic E-state index is 0.0845. The van der Waals surface area contributed by atoms with Gasteiger partial charge in [-0.15, -0.1) is 0 Å². The molecule has 0 fully saturated rings. The lowest BCUT2D eigenvalue weighted by Gasteiger charge is -2.12. The third-order valence-corrected chi connectivity index (χ3v) is 6.29. The highest BCUT2D eigenvalue weighted by Gasteiger charge is 2.13. The Bertz CT molecular complexity index is 1370. The number of rotatable bonds is 8. The smallest absolute Gasteiger partial charge is 0.310 e. The summed E-state index contributed by atoms with van der Waals surface area (Å²) >= 11 is 5.93. The molecule has 1 heterocycles. The number of fused-ring (bicyclic) bond motifs is 1. The molecule has 0 aliphatic heterocycles. The molecule has 0 unspecified atom stereocenters. The Hall–Kier alpha value is -3.70. The zero-order valence-corrected chi connectivity index (χ0v) is 20.6. The SMILES string of the molecule is COC(=O)Cc1cnc(Cc2ccc(C(=O)NCCc3ccc(Cl)cc3)c(C)c2)c2ccccc12. The largest absolute Gasteiger partial charge is 0.469 e. The number of carbonyl (C=O) groups excluding carboxylic acids is 2. The van der Waals surface area contributed by atoms with Gasteiger partial charge in [0.15, 0.2) is 0 Å². The molecule has 1 amide bonds. The second kappa shape index (κ2) is 11.2. The van der Waals surface area contributed by atoms with Crippen LogP contribution in [0.1, 0.15) is 38.3 Å². The molecule has 35 heavy (non-hydrogen) atoms. The molecule has 0 radical (unpaired) electrons. The second-order valence-corrected chi connectivity index (χ2v) is 8.92. The number of halogens is 1. The first-order valence-electron chi connectivity index (χ1n) is 11.5. The zero-order chi connectivity index (χ0) is 24.8. The fourth-order valence-electron chi connectivity index (χ4n) is 4.17. The molecule has 1 aromatic heterocycles. The van der Waals surface area contributed by atoms with E-state index >= 15 is 0 Å². The molecule has 6 heteroatoms. The van der Waals surface area contributed by atoms with E-state index in [9.17, 15) is 9.59 Å². The van der Waals surface area contributed by atoms with E-state index in [1.807, 2.05) is 73.7 Å². The lowest BCUT2D eigenvalue weighted by atomic mass is 9.97. The molecule has 5 nitrogen and oxygen atoms in total. The number of amides is 1. The number of methoxy groups -OCH3 is 1. The van der Waals surface area contributed by atoms with Crippen LogP contribution in [-0.2, 0) is 28.8 Å². The quantitative estimate of drug-likeness (QED) is 0.335. The first-order chi connectivity index (χ1) is 16.9. The highest BCUT2D eigenvalue weighted by atomic mass is 35.5. The predicted octanol–water partition coefficient (Wildman–Crippen LogP) is 5.48. The van der Waals surface area contributed by atoms with Crippen LogP contribution in [0.3, 0.4) is 0 Å². The van der Waals surface area contributed by atoms with Crippen LogP contribution in [0.25, 0.3) is 10.8 Å². The van der Waals surface area contributed by atoms with Gasteiger partial charge in [-0.3, -0.25) is 14.6 Å². The van der Waals surface area contributed by atoms with Crippen molar-refractivity contribution < 1.29 is 14.3 Å². The number of nitrogens with zero attached hydrogens (tertiary/aromatic N) is 1. The number of aromatic nitrogens is 1. The van der Waals surface area contributed by atoms with Gasteiger partial charge >= 0.3 is 5.97 Å². The summed E-state index contributed by atoms with van der Waals surface area (Å²) in [5, 5.41) is 5.71. The van der Waals surface area contributed by atoms with Crippen molar-refractivity contribution in [1.82, 2.24) is 10.3 Å². The van der Waals surface area contributed by atoms with E-state index in [2.05, 4.69) is 10.3 Å². The summed E-state index contributed by atoms with van der Waals surface area (Å²) in [4.78, 5) is 29.2. The van der Waals surface area contributed by atoms with Crippen molar-refractivity contribution in [1.29, 1.82) is 0 Å². The molecule has 0 aliphatic carbocycles. The standard InChI is InChI=1S/C29H27ClN2O3/c1-19-15-21(9-12-24(19)29(34)31-14-13-20-7-10-23(30)11-8-20)16-27-26-6-4-3-5-25(26)22(18-32-27)17-28(33)35-2/h3-12,15,18H,13-14,16-17H2,1-2H3,(H,31,34). The molecular weight excluding hydrogens is 460 g/mol. The summed E-state index contributed by atoms with van der Waals surface area (Å²) in [6, 6.07) is 21.5. The maximum absolute atomic E-state index is 12.7. The number of pyridine rings is 1. The van der Waals surface area contributed by atoms with Crippen molar-refractivity contribution in [3.05, 3.63) is 111 Å². The molecule has 4 rings (SSSR count). The van der Waals surface area contributed by atoms with Crippen LogP contribution >= 0.6 is 11.6 Å². The predicted molar refractivity (Wildman–Crippen MR) is 139 cm³/mol. The molecule has 1 N–H and O–H groups in total. The van der Waals surface area contributed by atoms with Gasteiger partial charge in [0.25, 0.3) is 5.91 Å². The zero-order valence-electron chi connectivity index (χ0n) is 19.8. The van der Waals surface area contributed by atoms with Gasteiger partial charge in [0, 0.05) is 35.1 Å². The number of ether oxygens (including phenoxy) is 1. The van der Waals surface area contributed by atoms with E-state index in [0.29, 0.717) is 23.6 Å². The Balaban J connectivity index is 1.46. The molecule has 3 aromatic carbocycles. The van der Waals surface area contributed by atoms with Gasteiger partial charge in [-0.25, -0.2) is 0 Å². The van der Waals surface area contributed by atoms with Crippen LogP contribution in [0.2, 0.25) is 5.02 Å². The third-order valence-electron chi connectivity index (χ3n) is 6.04. The highest BCUT2D eigenvalue weighted by Crippen LogP contribution is 2.24. The number of nitrogens with one attached hydrogen (secondary N) is 1. The van der Waals surface area contributed by atoms with Gasteiger partial charge in [0.05, 0.1) is 19.2 Å². The first kappa shape index (κ1) is 24.4. The molecule has 0 aliphatic rings. The molecule has 0 bridgehead atoms. The first-order valence-corrected chi connectivity index (χ1v) is 11.9. The average Bonchev–Trinajstić information content (AvgIpc) is 2.86. The minimum Gasteiger partial charge on any atom is -0.469 e. The molecule has 0 spiro atoms. The Labute approximate surface area is 210 Å². The van der Waals surface area contributed by atoms with Crippen molar-refractivity contribution >= 4 is 34.2 Å². The summed E-state index contributed by atoms with van der Waals surface area (Å²) in [5.74, 6) is -0.374. The highest BCUT2D eigenvalue weighted by molar-refractivity contribution is 6.30. The number of aryl methyl sites for hydroxylation is 1. The number of hydrogen-bond acceptors (Lipinski definition) is 4. The van der Waals surface area contributed by atoms with E-state index in [0.717, 1.165) is 45.1 Å². The number of benzene rings is 3. The normalized spacial score (nSPS) is 10.8. The van der Waals surface area contributed by atoms with Crippen molar-refractivity contribution in [2.45, 2.75) is 26.2 Å². The van der Waals surface area contributed by atoms with E-state index in [4.69, 9.17) is 16.3 Å². The maximum Gasteiger partial charge on any atom is 0.310 e. The van der Waals surface area contributed by atoms with Gasteiger partial charge in [0.2, 0.25) is 0 Å². The monoisotopic (exact) mass is 486 g/mol. The molecule has 0 saturated carbocycles. The summed E-state index contributed by atoms with van der Waals surface area (Å²) in [6.07, 6.45) is 3.30. The maximum atomic E-state index is 12.7. The molecular formula is C29H27ClN2O3. The Morgan fingerprint density at radius 1 is 0.971 bits per heavy atom. The minimum atomic E-state index is -0.289. The third kappa shape index (κ3) is 6.06. The average molecular weight is 487 g/mol. The van der Waals surface area contributed by atoms with Gasteiger partial charge in [0.1, 0.15) is 0 Å². The summed E-state index contributed by atoms with van der Waals surface area (Å²) in [7, 11) is 1.39. The summed E-state index contributed by atoms with van der Waals surface area (Å²) in [5.41, 5.74) is 5.54. The summed E-state index contributed by atoms with van der Waals surface area (Å²) < 4.78 is 4.82. The van der Waals surface area contributed by atoms with Crippen molar-refractivity contribution in [2.24, 2.45) is 0 Å². The van der Waals surface area contributed by atoms with Crippen LogP contribution < -0.4 is 5.32 Å².